The van der Waals surface area contributed by atoms with Gasteiger partial charge in [-0.1, -0.05) is 25.5 Å². The summed E-state index contributed by atoms with van der Waals surface area (Å²) in [6.45, 7) is 1.88. The van der Waals surface area contributed by atoms with E-state index in [0.717, 1.165) is 29.0 Å². The summed E-state index contributed by atoms with van der Waals surface area (Å²) in [5.74, 6) is -0.936. The Labute approximate surface area is 137 Å². The van der Waals surface area contributed by atoms with Crippen molar-refractivity contribution in [3.05, 3.63) is 50.5 Å². The minimum Gasteiger partial charge on any atom is -0.480 e. The molecule has 1 aromatic carbocycles. The number of hydrogen-bond acceptors (Lipinski definition) is 6. The number of nitrogens with one attached hydrogen (secondary N) is 1. The first-order valence-corrected chi connectivity index (χ1v) is 7.98. The van der Waals surface area contributed by atoms with E-state index in [0.29, 0.717) is 11.6 Å². The summed E-state index contributed by atoms with van der Waals surface area (Å²) >= 11 is 1.43. The van der Waals surface area contributed by atoms with Gasteiger partial charge < -0.3 is 10.4 Å². The molecule has 0 radical (unpaired) electrons. The number of nitro groups is 1. The first kappa shape index (κ1) is 16.9. The zero-order valence-electron chi connectivity index (χ0n) is 12.6. The second-order valence-corrected chi connectivity index (χ2v) is 6.07. The molecule has 2 N–H and O–H groups in total. The molecule has 0 amide bonds. The van der Waals surface area contributed by atoms with E-state index >= 15 is 0 Å². The highest BCUT2D eigenvalue weighted by Crippen LogP contribution is 2.27. The number of anilines is 1. The Balaban J connectivity index is 2.16. The maximum absolute atomic E-state index is 10.7. The Morgan fingerprint density at radius 3 is 2.65 bits per heavy atom. The molecule has 0 aliphatic carbocycles. The van der Waals surface area contributed by atoms with Gasteiger partial charge in [0.05, 0.1) is 10.6 Å². The van der Waals surface area contributed by atoms with E-state index in [2.05, 4.69) is 17.2 Å². The van der Waals surface area contributed by atoms with Crippen molar-refractivity contribution in [2.24, 2.45) is 0 Å². The second kappa shape index (κ2) is 7.68. The van der Waals surface area contributed by atoms with Gasteiger partial charge in [0.25, 0.3) is 5.69 Å². The number of nitrogens with zero attached hydrogens (tertiary/aromatic N) is 2. The van der Waals surface area contributed by atoms with Gasteiger partial charge in [0.1, 0.15) is 6.54 Å². The number of carboxylic acid groups (broad SMARTS) is 1. The van der Waals surface area contributed by atoms with Gasteiger partial charge in [-0.25, -0.2) is 4.98 Å². The molecular weight excluding hydrogens is 318 g/mol. The molecule has 23 heavy (non-hydrogen) atoms. The van der Waals surface area contributed by atoms with E-state index in [-0.39, 0.29) is 12.2 Å². The van der Waals surface area contributed by atoms with Crippen LogP contribution in [0.4, 0.5) is 10.8 Å². The van der Waals surface area contributed by atoms with Gasteiger partial charge in [-0.3, -0.25) is 14.9 Å². The van der Waals surface area contributed by atoms with Crippen molar-refractivity contribution in [1.82, 2.24) is 4.98 Å². The first-order valence-electron chi connectivity index (χ1n) is 7.17. The molecule has 7 nitrogen and oxygen atoms in total. The van der Waals surface area contributed by atoms with Crippen LogP contribution in [0.5, 0.6) is 0 Å². The molecule has 0 aliphatic rings. The van der Waals surface area contributed by atoms with Crippen LogP contribution >= 0.6 is 11.3 Å². The van der Waals surface area contributed by atoms with Crippen LogP contribution in [0.25, 0.3) is 0 Å². The van der Waals surface area contributed by atoms with E-state index in [4.69, 9.17) is 5.11 Å². The summed E-state index contributed by atoms with van der Waals surface area (Å²) in [6, 6.07) is 6.44. The zero-order valence-corrected chi connectivity index (χ0v) is 13.4. The van der Waals surface area contributed by atoms with Gasteiger partial charge in [0, 0.05) is 23.4 Å². The average Bonchev–Trinajstić information content (AvgIpc) is 2.88. The van der Waals surface area contributed by atoms with E-state index in [1.54, 1.807) is 12.1 Å². The van der Waals surface area contributed by atoms with Crippen molar-refractivity contribution < 1.29 is 14.8 Å². The molecule has 1 aromatic heterocycles. The van der Waals surface area contributed by atoms with Crippen molar-refractivity contribution in [2.75, 3.05) is 11.9 Å². The van der Waals surface area contributed by atoms with Gasteiger partial charge in [-0.15, -0.1) is 11.3 Å². The van der Waals surface area contributed by atoms with Crippen molar-refractivity contribution in [3.63, 3.8) is 0 Å². The fourth-order valence-corrected chi connectivity index (χ4v) is 3.14. The predicted octanol–water partition coefficient (Wildman–Crippen LogP) is 3.09. The lowest BCUT2D eigenvalue weighted by molar-refractivity contribution is -0.384. The average molecular weight is 335 g/mol. The van der Waals surface area contributed by atoms with Crippen LogP contribution in [0.3, 0.4) is 0 Å². The number of benzene rings is 1. The maximum atomic E-state index is 10.7. The lowest BCUT2D eigenvalue weighted by Gasteiger charge is -2.01. The Kier molecular flexibility index (Phi) is 5.64. The van der Waals surface area contributed by atoms with Crippen molar-refractivity contribution in [1.29, 1.82) is 0 Å². The van der Waals surface area contributed by atoms with Gasteiger partial charge >= 0.3 is 5.97 Å². The Morgan fingerprint density at radius 2 is 2.09 bits per heavy atom. The molecule has 0 unspecified atom stereocenters. The number of aromatic nitrogens is 1. The van der Waals surface area contributed by atoms with Crippen molar-refractivity contribution in [3.8, 4) is 0 Å². The number of hydrogen-bond donors (Lipinski definition) is 2. The van der Waals surface area contributed by atoms with E-state index in [1.165, 1.54) is 23.5 Å². The van der Waals surface area contributed by atoms with E-state index in [9.17, 15) is 14.9 Å². The van der Waals surface area contributed by atoms with Crippen LogP contribution in [-0.4, -0.2) is 27.5 Å². The number of thiazole rings is 1. The van der Waals surface area contributed by atoms with E-state index < -0.39 is 10.9 Å². The summed E-state index contributed by atoms with van der Waals surface area (Å²) < 4.78 is 0. The van der Waals surface area contributed by atoms with Gasteiger partial charge in [-0.05, 0) is 12.0 Å². The Hall–Kier alpha value is -2.48. The molecular formula is C15H17N3O4S. The van der Waals surface area contributed by atoms with Crippen LogP contribution in [0, 0.1) is 10.1 Å². The van der Waals surface area contributed by atoms with Crippen LogP contribution in [0.15, 0.2) is 24.3 Å². The third-order valence-electron chi connectivity index (χ3n) is 3.17. The SMILES string of the molecule is CCCc1nc(NCC(=O)O)sc1Cc1ccc([N+](=O)[O-])cc1. The maximum Gasteiger partial charge on any atom is 0.322 e. The Bertz CT molecular complexity index is 697. The van der Waals surface area contributed by atoms with Crippen LogP contribution in [-0.2, 0) is 17.6 Å². The normalized spacial score (nSPS) is 10.5. The molecule has 0 fully saturated rings. The largest absolute Gasteiger partial charge is 0.480 e. The molecule has 0 atom stereocenters. The van der Waals surface area contributed by atoms with Crippen LogP contribution in [0.1, 0.15) is 29.5 Å². The first-order chi connectivity index (χ1) is 11.0. The van der Waals surface area contributed by atoms with Crippen LogP contribution < -0.4 is 5.32 Å². The molecule has 2 rings (SSSR count). The van der Waals surface area contributed by atoms with Crippen LogP contribution in [0.2, 0.25) is 0 Å². The fourth-order valence-electron chi connectivity index (χ4n) is 2.10. The smallest absolute Gasteiger partial charge is 0.322 e. The number of non-ortho nitro benzene ring substituents is 1. The summed E-state index contributed by atoms with van der Waals surface area (Å²) in [4.78, 5) is 26.4. The number of aryl methyl sites for hydroxylation is 1. The third kappa shape index (κ3) is 4.75. The summed E-state index contributed by atoms with van der Waals surface area (Å²) in [6.07, 6.45) is 2.38. The summed E-state index contributed by atoms with van der Waals surface area (Å²) in [5.41, 5.74) is 1.97. The monoisotopic (exact) mass is 335 g/mol. The molecule has 0 spiro atoms. The molecule has 0 bridgehead atoms. The highest BCUT2D eigenvalue weighted by Gasteiger charge is 2.13. The number of nitro benzene ring substituents is 1. The number of rotatable bonds is 8. The van der Waals surface area contributed by atoms with E-state index in [1.807, 2.05) is 0 Å². The molecule has 8 heteroatoms. The third-order valence-corrected chi connectivity index (χ3v) is 4.22. The lowest BCUT2D eigenvalue weighted by atomic mass is 10.1. The second-order valence-electron chi connectivity index (χ2n) is 4.99. The van der Waals surface area contributed by atoms with Crippen molar-refractivity contribution in [2.45, 2.75) is 26.2 Å². The standard InChI is InChI=1S/C15H17N3O4S/c1-2-3-12-13(23-15(17-12)16-9-14(19)20)8-10-4-6-11(7-5-10)18(21)22/h4-7H,2-3,8-9H2,1H3,(H,16,17)(H,19,20). The quantitative estimate of drug-likeness (QED) is 0.567. The zero-order chi connectivity index (χ0) is 16.8. The number of carboxylic acids is 1. The minimum absolute atomic E-state index is 0.0654. The molecule has 0 saturated carbocycles. The fraction of sp³-hybridized carbons (Fsp3) is 0.333. The van der Waals surface area contributed by atoms with Crippen molar-refractivity contribution >= 4 is 28.1 Å². The summed E-state index contributed by atoms with van der Waals surface area (Å²) in [5, 5.41) is 22.8. The highest BCUT2D eigenvalue weighted by molar-refractivity contribution is 7.15. The van der Waals surface area contributed by atoms with Gasteiger partial charge in [0.2, 0.25) is 0 Å². The predicted molar refractivity (Wildman–Crippen MR) is 88.1 cm³/mol. The topological polar surface area (TPSA) is 105 Å². The molecule has 1 heterocycles. The Morgan fingerprint density at radius 1 is 1.39 bits per heavy atom. The summed E-state index contributed by atoms with van der Waals surface area (Å²) in [7, 11) is 0. The van der Waals surface area contributed by atoms with Gasteiger partial charge in [0.15, 0.2) is 5.13 Å². The van der Waals surface area contributed by atoms with Gasteiger partial charge in [-0.2, -0.15) is 0 Å². The lowest BCUT2D eigenvalue weighted by Crippen LogP contribution is -2.11. The highest BCUT2D eigenvalue weighted by atomic mass is 32.1. The molecule has 0 aliphatic heterocycles. The molecule has 122 valence electrons. The molecule has 2 aromatic rings. The minimum atomic E-state index is -0.936. The number of carbonyl (C=O) groups is 1. The molecule has 0 saturated heterocycles. The number of aliphatic carboxylic acids is 1.